The van der Waals surface area contributed by atoms with Gasteiger partial charge < -0.3 is 4.90 Å². The summed E-state index contributed by atoms with van der Waals surface area (Å²) in [5, 5.41) is 10.6. The lowest BCUT2D eigenvalue weighted by molar-refractivity contribution is -0.385. The highest BCUT2D eigenvalue weighted by atomic mass is 16.6. The van der Waals surface area contributed by atoms with Crippen LogP contribution in [0.1, 0.15) is 32.4 Å². The van der Waals surface area contributed by atoms with Gasteiger partial charge in [-0.15, -0.1) is 0 Å². The van der Waals surface area contributed by atoms with Crippen molar-refractivity contribution in [3.63, 3.8) is 0 Å². The molecule has 1 aliphatic rings. The van der Waals surface area contributed by atoms with Gasteiger partial charge in [0.2, 0.25) is 0 Å². The van der Waals surface area contributed by atoms with Crippen molar-refractivity contribution >= 4 is 11.4 Å². The second-order valence-electron chi connectivity index (χ2n) is 3.75. The summed E-state index contributed by atoms with van der Waals surface area (Å²) in [6, 6.07) is 1.62. The molecule has 2 heterocycles. The number of aromatic nitrogens is 1. The lowest BCUT2D eigenvalue weighted by Gasteiger charge is -2.18. The van der Waals surface area contributed by atoms with Crippen molar-refractivity contribution < 1.29 is 4.92 Å². The minimum Gasteiger partial charge on any atom is -0.370 e. The molecule has 1 aromatic heterocycles. The van der Waals surface area contributed by atoms with E-state index in [2.05, 4.69) is 9.88 Å². The summed E-state index contributed by atoms with van der Waals surface area (Å²) >= 11 is 0. The van der Waals surface area contributed by atoms with Crippen LogP contribution in [0.3, 0.4) is 0 Å². The van der Waals surface area contributed by atoms with Crippen LogP contribution in [-0.4, -0.2) is 23.0 Å². The van der Waals surface area contributed by atoms with E-state index >= 15 is 0 Å². The van der Waals surface area contributed by atoms with Crippen LogP contribution >= 0.6 is 0 Å². The predicted molar refractivity (Wildman–Crippen MR) is 68.4 cm³/mol. The van der Waals surface area contributed by atoms with E-state index in [4.69, 9.17) is 0 Å². The first kappa shape index (κ1) is 13.4. The standard InChI is InChI=1S/C10H13N3O2.C2H6/c1-8-10(12-4-2-3-5-12)6-9(7-11-8)13(14)15;1-2/h6-7H,2-5H2,1H3;1-2H3. The van der Waals surface area contributed by atoms with Crippen molar-refractivity contribution in [3.05, 3.63) is 28.1 Å². The smallest absolute Gasteiger partial charge is 0.289 e. The van der Waals surface area contributed by atoms with Crippen LogP contribution in [0.5, 0.6) is 0 Å². The van der Waals surface area contributed by atoms with E-state index < -0.39 is 4.92 Å². The number of pyridine rings is 1. The van der Waals surface area contributed by atoms with Crippen LogP contribution in [0.15, 0.2) is 12.3 Å². The van der Waals surface area contributed by atoms with E-state index in [-0.39, 0.29) is 5.69 Å². The molecule has 5 nitrogen and oxygen atoms in total. The summed E-state index contributed by atoms with van der Waals surface area (Å²) in [5.41, 5.74) is 1.84. The van der Waals surface area contributed by atoms with Gasteiger partial charge in [0, 0.05) is 19.2 Å². The molecule has 0 amide bonds. The largest absolute Gasteiger partial charge is 0.370 e. The van der Waals surface area contributed by atoms with Gasteiger partial charge in [0.1, 0.15) is 6.20 Å². The molecule has 5 heteroatoms. The van der Waals surface area contributed by atoms with Gasteiger partial charge in [0.05, 0.1) is 16.3 Å². The summed E-state index contributed by atoms with van der Waals surface area (Å²) in [6.07, 6.45) is 3.62. The Labute approximate surface area is 102 Å². The summed E-state index contributed by atoms with van der Waals surface area (Å²) in [7, 11) is 0. The van der Waals surface area contributed by atoms with Gasteiger partial charge in [-0.05, 0) is 19.8 Å². The highest BCUT2D eigenvalue weighted by Gasteiger charge is 2.18. The SMILES string of the molecule is CC.Cc1ncc([N+](=O)[O-])cc1N1CCCC1. The number of nitro groups is 1. The van der Waals surface area contributed by atoms with E-state index in [1.54, 1.807) is 6.07 Å². The first-order chi connectivity index (χ1) is 8.18. The lowest BCUT2D eigenvalue weighted by atomic mass is 10.2. The Kier molecular flexibility index (Phi) is 4.87. The normalized spacial score (nSPS) is 14.2. The van der Waals surface area contributed by atoms with Crippen LogP contribution < -0.4 is 4.90 Å². The van der Waals surface area contributed by atoms with Crippen LogP contribution in [0, 0.1) is 17.0 Å². The quantitative estimate of drug-likeness (QED) is 0.586. The minimum atomic E-state index is -0.397. The molecule has 0 unspecified atom stereocenters. The van der Waals surface area contributed by atoms with E-state index in [0.29, 0.717) is 0 Å². The first-order valence-corrected chi connectivity index (χ1v) is 6.04. The van der Waals surface area contributed by atoms with Crippen LogP contribution in [-0.2, 0) is 0 Å². The number of anilines is 1. The Balaban J connectivity index is 0.000000686. The Hall–Kier alpha value is -1.65. The number of nitrogens with zero attached hydrogens (tertiary/aromatic N) is 3. The molecule has 0 radical (unpaired) electrons. The lowest BCUT2D eigenvalue weighted by Crippen LogP contribution is -2.19. The van der Waals surface area contributed by atoms with Crippen LogP contribution in [0.25, 0.3) is 0 Å². The molecule has 1 aromatic rings. The molecule has 0 aliphatic carbocycles. The maximum Gasteiger partial charge on any atom is 0.289 e. The maximum absolute atomic E-state index is 10.6. The molecule has 0 bridgehead atoms. The van der Waals surface area contributed by atoms with Crippen LogP contribution in [0.4, 0.5) is 11.4 Å². The molecule has 2 rings (SSSR count). The first-order valence-electron chi connectivity index (χ1n) is 6.04. The molecule has 0 N–H and O–H groups in total. The zero-order chi connectivity index (χ0) is 12.8. The number of aryl methyl sites for hydroxylation is 1. The average molecular weight is 237 g/mol. The Morgan fingerprint density at radius 1 is 1.35 bits per heavy atom. The molecule has 94 valence electrons. The fourth-order valence-corrected chi connectivity index (χ4v) is 1.89. The maximum atomic E-state index is 10.6. The third-order valence-electron chi connectivity index (χ3n) is 2.70. The van der Waals surface area contributed by atoms with E-state index in [0.717, 1.165) is 37.3 Å². The van der Waals surface area contributed by atoms with Crippen molar-refractivity contribution in [1.82, 2.24) is 4.98 Å². The molecule has 0 atom stereocenters. The summed E-state index contributed by atoms with van der Waals surface area (Å²) < 4.78 is 0. The molecular weight excluding hydrogens is 218 g/mol. The monoisotopic (exact) mass is 237 g/mol. The van der Waals surface area contributed by atoms with Gasteiger partial charge in [-0.25, -0.2) is 0 Å². The molecule has 1 aliphatic heterocycles. The van der Waals surface area contributed by atoms with E-state index in [1.165, 1.54) is 6.20 Å². The fourth-order valence-electron chi connectivity index (χ4n) is 1.89. The van der Waals surface area contributed by atoms with Gasteiger partial charge >= 0.3 is 0 Å². The number of hydrogen-bond donors (Lipinski definition) is 0. The molecule has 1 fully saturated rings. The van der Waals surface area contributed by atoms with Gasteiger partial charge in [-0.3, -0.25) is 15.1 Å². The molecule has 17 heavy (non-hydrogen) atoms. The van der Waals surface area contributed by atoms with Crippen molar-refractivity contribution in [3.8, 4) is 0 Å². The van der Waals surface area contributed by atoms with Gasteiger partial charge in [0.25, 0.3) is 5.69 Å². The minimum absolute atomic E-state index is 0.0718. The fraction of sp³-hybridized carbons (Fsp3) is 0.583. The van der Waals surface area contributed by atoms with Crippen molar-refractivity contribution in [2.75, 3.05) is 18.0 Å². The van der Waals surface area contributed by atoms with Gasteiger partial charge in [-0.1, -0.05) is 13.8 Å². The van der Waals surface area contributed by atoms with Crippen molar-refractivity contribution in [2.45, 2.75) is 33.6 Å². The predicted octanol–water partition coefficient (Wildman–Crippen LogP) is 2.92. The molecular formula is C12H19N3O2. The third kappa shape index (κ3) is 3.15. The number of rotatable bonds is 2. The Morgan fingerprint density at radius 2 is 1.94 bits per heavy atom. The highest BCUT2D eigenvalue weighted by Crippen LogP contribution is 2.26. The Morgan fingerprint density at radius 3 is 2.47 bits per heavy atom. The van der Waals surface area contributed by atoms with Gasteiger partial charge in [-0.2, -0.15) is 0 Å². The van der Waals surface area contributed by atoms with Crippen molar-refractivity contribution in [2.24, 2.45) is 0 Å². The molecule has 0 saturated carbocycles. The second kappa shape index (κ2) is 6.18. The number of hydrogen-bond acceptors (Lipinski definition) is 4. The topological polar surface area (TPSA) is 59.3 Å². The summed E-state index contributed by atoms with van der Waals surface area (Å²) in [6.45, 7) is 7.84. The molecule has 1 saturated heterocycles. The zero-order valence-electron chi connectivity index (χ0n) is 10.6. The molecule has 0 aromatic carbocycles. The second-order valence-corrected chi connectivity index (χ2v) is 3.75. The van der Waals surface area contributed by atoms with E-state index in [9.17, 15) is 10.1 Å². The van der Waals surface area contributed by atoms with Crippen LogP contribution in [0.2, 0.25) is 0 Å². The average Bonchev–Trinajstić information content (AvgIpc) is 2.85. The van der Waals surface area contributed by atoms with Gasteiger partial charge in [0.15, 0.2) is 0 Å². The van der Waals surface area contributed by atoms with E-state index in [1.807, 2.05) is 20.8 Å². The highest BCUT2D eigenvalue weighted by molar-refractivity contribution is 5.55. The Bertz CT molecular complexity index is 387. The zero-order valence-corrected chi connectivity index (χ0v) is 10.6. The molecule has 0 spiro atoms. The third-order valence-corrected chi connectivity index (χ3v) is 2.70. The summed E-state index contributed by atoms with van der Waals surface area (Å²) in [4.78, 5) is 16.5. The summed E-state index contributed by atoms with van der Waals surface area (Å²) in [5.74, 6) is 0. The van der Waals surface area contributed by atoms with Crippen molar-refractivity contribution in [1.29, 1.82) is 0 Å².